The molecule has 1 aromatic heterocycles. The van der Waals surface area contributed by atoms with E-state index in [2.05, 4.69) is 10.4 Å². The smallest absolute Gasteiger partial charge is 0.255 e. The Morgan fingerprint density at radius 1 is 1.25 bits per heavy atom. The highest BCUT2D eigenvalue weighted by atomic mass is 35.5. The van der Waals surface area contributed by atoms with Crippen LogP contribution in [0.15, 0.2) is 60.9 Å². The lowest BCUT2D eigenvalue weighted by Crippen LogP contribution is -2.12. The summed E-state index contributed by atoms with van der Waals surface area (Å²) in [7, 11) is 1.54. The number of hydrogen-bond acceptors (Lipinski definition) is 3. The van der Waals surface area contributed by atoms with Crippen molar-refractivity contribution in [3.63, 3.8) is 0 Å². The zero-order chi connectivity index (χ0) is 16.9. The van der Waals surface area contributed by atoms with Gasteiger partial charge in [0.15, 0.2) is 0 Å². The Morgan fingerprint density at radius 2 is 2.04 bits per heavy atom. The molecular formula is C18H16ClN3O2. The van der Waals surface area contributed by atoms with Gasteiger partial charge in [-0.2, -0.15) is 5.10 Å². The predicted octanol–water partition coefficient (Wildman–Crippen LogP) is 3.85. The minimum atomic E-state index is -0.221. The number of nitrogens with zero attached hydrogens (tertiary/aromatic N) is 2. The first-order chi connectivity index (χ1) is 11.7. The largest absolute Gasteiger partial charge is 0.495 e. The average Bonchev–Trinajstić information content (AvgIpc) is 3.09. The summed E-state index contributed by atoms with van der Waals surface area (Å²) < 4.78 is 7.06. The molecule has 1 heterocycles. The Bertz CT molecular complexity index is 830. The molecule has 3 aromatic rings. The molecule has 0 fully saturated rings. The summed E-state index contributed by atoms with van der Waals surface area (Å²) in [4.78, 5) is 12.4. The van der Waals surface area contributed by atoms with Crippen molar-refractivity contribution in [3.05, 3.63) is 77.1 Å². The first-order valence-electron chi connectivity index (χ1n) is 7.37. The maximum Gasteiger partial charge on any atom is 0.255 e. The van der Waals surface area contributed by atoms with Crippen LogP contribution in [0.4, 0.5) is 5.69 Å². The van der Waals surface area contributed by atoms with Crippen molar-refractivity contribution >= 4 is 23.2 Å². The molecule has 1 amide bonds. The molecule has 0 aliphatic carbocycles. The van der Waals surface area contributed by atoms with Gasteiger partial charge in [0.2, 0.25) is 0 Å². The van der Waals surface area contributed by atoms with Gasteiger partial charge in [0.05, 0.1) is 19.3 Å². The van der Waals surface area contributed by atoms with Gasteiger partial charge in [0.1, 0.15) is 5.75 Å². The zero-order valence-corrected chi connectivity index (χ0v) is 13.8. The third kappa shape index (κ3) is 3.75. The van der Waals surface area contributed by atoms with E-state index in [1.54, 1.807) is 43.6 Å². The molecule has 3 rings (SSSR count). The quantitative estimate of drug-likeness (QED) is 0.767. The highest BCUT2D eigenvalue weighted by molar-refractivity contribution is 6.31. The van der Waals surface area contributed by atoms with Crippen LogP contribution in [0.25, 0.3) is 0 Å². The Labute approximate surface area is 144 Å². The maximum atomic E-state index is 12.4. The highest BCUT2D eigenvalue weighted by Crippen LogP contribution is 2.28. The topological polar surface area (TPSA) is 56.1 Å². The highest BCUT2D eigenvalue weighted by Gasteiger charge is 2.10. The Kier molecular flexibility index (Phi) is 4.82. The van der Waals surface area contributed by atoms with Crippen LogP contribution in [0.3, 0.4) is 0 Å². The number of amides is 1. The van der Waals surface area contributed by atoms with E-state index in [0.717, 1.165) is 5.56 Å². The van der Waals surface area contributed by atoms with Crippen molar-refractivity contribution in [2.24, 2.45) is 0 Å². The second-order valence-corrected chi connectivity index (χ2v) is 5.64. The maximum absolute atomic E-state index is 12.4. The number of aromatic nitrogens is 2. The molecule has 0 unspecified atom stereocenters. The molecule has 24 heavy (non-hydrogen) atoms. The second kappa shape index (κ2) is 7.19. The fraction of sp³-hybridized carbons (Fsp3) is 0.111. The van der Waals surface area contributed by atoms with Gasteiger partial charge in [0, 0.05) is 23.0 Å². The van der Waals surface area contributed by atoms with Crippen LogP contribution in [-0.4, -0.2) is 22.8 Å². The van der Waals surface area contributed by atoms with Gasteiger partial charge < -0.3 is 10.1 Å². The van der Waals surface area contributed by atoms with E-state index in [1.807, 2.05) is 29.1 Å². The number of hydrogen-bond donors (Lipinski definition) is 1. The van der Waals surface area contributed by atoms with Crippen LogP contribution in [-0.2, 0) is 6.54 Å². The molecule has 0 bridgehead atoms. The average molecular weight is 342 g/mol. The van der Waals surface area contributed by atoms with Crippen LogP contribution >= 0.6 is 11.6 Å². The summed E-state index contributed by atoms with van der Waals surface area (Å²) in [5, 5.41) is 7.51. The lowest BCUT2D eigenvalue weighted by Gasteiger charge is -2.11. The van der Waals surface area contributed by atoms with Gasteiger partial charge in [-0.3, -0.25) is 9.48 Å². The lowest BCUT2D eigenvalue weighted by atomic mass is 10.1. The molecule has 0 saturated carbocycles. The van der Waals surface area contributed by atoms with Crippen molar-refractivity contribution in [1.82, 2.24) is 9.78 Å². The number of methoxy groups -OCH3 is 1. The Morgan fingerprint density at radius 3 is 2.71 bits per heavy atom. The van der Waals surface area contributed by atoms with E-state index >= 15 is 0 Å². The van der Waals surface area contributed by atoms with Gasteiger partial charge in [0.25, 0.3) is 5.91 Å². The number of halogens is 1. The predicted molar refractivity (Wildman–Crippen MR) is 93.7 cm³/mol. The van der Waals surface area contributed by atoms with Crippen molar-refractivity contribution in [3.8, 4) is 5.75 Å². The Hall–Kier alpha value is -2.79. The molecular weight excluding hydrogens is 326 g/mol. The minimum Gasteiger partial charge on any atom is -0.495 e. The van der Waals surface area contributed by atoms with E-state index in [0.29, 0.717) is 28.6 Å². The number of anilines is 1. The molecule has 0 spiro atoms. The molecule has 0 aliphatic heterocycles. The van der Waals surface area contributed by atoms with Crippen molar-refractivity contribution in [2.75, 3.05) is 12.4 Å². The SMILES string of the molecule is COc1ccc(Cl)cc1NC(=O)c1ccc(Cn2cccn2)cc1. The van der Waals surface area contributed by atoms with Crippen LogP contribution in [0.2, 0.25) is 5.02 Å². The van der Waals surface area contributed by atoms with Crippen LogP contribution in [0.5, 0.6) is 5.75 Å². The van der Waals surface area contributed by atoms with Gasteiger partial charge >= 0.3 is 0 Å². The van der Waals surface area contributed by atoms with Gasteiger partial charge in [-0.1, -0.05) is 23.7 Å². The van der Waals surface area contributed by atoms with E-state index < -0.39 is 0 Å². The van der Waals surface area contributed by atoms with Crippen LogP contribution in [0, 0.1) is 0 Å². The summed E-state index contributed by atoms with van der Waals surface area (Å²) in [5.41, 5.74) is 2.16. The molecule has 5 nitrogen and oxygen atoms in total. The molecule has 122 valence electrons. The van der Waals surface area contributed by atoms with E-state index in [-0.39, 0.29) is 5.91 Å². The Balaban J connectivity index is 1.72. The van der Waals surface area contributed by atoms with Crippen molar-refractivity contribution in [2.45, 2.75) is 6.54 Å². The lowest BCUT2D eigenvalue weighted by molar-refractivity contribution is 0.102. The first kappa shape index (κ1) is 16.1. The van der Waals surface area contributed by atoms with Gasteiger partial charge in [-0.15, -0.1) is 0 Å². The first-order valence-corrected chi connectivity index (χ1v) is 7.75. The van der Waals surface area contributed by atoms with Gasteiger partial charge in [-0.05, 0) is 42.0 Å². The monoisotopic (exact) mass is 341 g/mol. The van der Waals surface area contributed by atoms with E-state index in [9.17, 15) is 4.79 Å². The van der Waals surface area contributed by atoms with Crippen molar-refractivity contribution < 1.29 is 9.53 Å². The molecule has 6 heteroatoms. The summed E-state index contributed by atoms with van der Waals surface area (Å²) >= 11 is 5.98. The molecule has 0 radical (unpaired) electrons. The fourth-order valence-corrected chi connectivity index (χ4v) is 2.49. The zero-order valence-electron chi connectivity index (χ0n) is 13.1. The third-order valence-corrected chi connectivity index (χ3v) is 3.76. The second-order valence-electron chi connectivity index (χ2n) is 5.20. The number of nitrogens with one attached hydrogen (secondary N) is 1. The number of carbonyl (C=O) groups excluding carboxylic acids is 1. The number of carbonyl (C=O) groups is 1. The van der Waals surface area contributed by atoms with Gasteiger partial charge in [-0.25, -0.2) is 0 Å². The molecule has 0 saturated heterocycles. The number of benzene rings is 2. The normalized spacial score (nSPS) is 10.4. The third-order valence-electron chi connectivity index (χ3n) is 3.53. The van der Waals surface area contributed by atoms with Crippen LogP contribution in [0.1, 0.15) is 15.9 Å². The van der Waals surface area contributed by atoms with Crippen molar-refractivity contribution in [1.29, 1.82) is 0 Å². The summed E-state index contributed by atoms with van der Waals surface area (Å²) in [6.07, 6.45) is 3.63. The minimum absolute atomic E-state index is 0.221. The van der Waals surface area contributed by atoms with Crippen LogP contribution < -0.4 is 10.1 Å². The molecule has 2 aromatic carbocycles. The fourth-order valence-electron chi connectivity index (χ4n) is 2.31. The molecule has 0 aliphatic rings. The standard InChI is InChI=1S/C18H16ClN3O2/c1-24-17-8-7-15(19)11-16(17)21-18(23)14-5-3-13(4-6-14)12-22-10-2-9-20-22/h2-11H,12H2,1H3,(H,21,23). The molecule has 1 N–H and O–H groups in total. The number of ether oxygens (including phenoxy) is 1. The summed E-state index contributed by atoms with van der Waals surface area (Å²) in [6.45, 7) is 0.664. The molecule has 0 atom stereocenters. The summed E-state index contributed by atoms with van der Waals surface area (Å²) in [6, 6.07) is 14.3. The van der Waals surface area contributed by atoms with E-state index in [4.69, 9.17) is 16.3 Å². The summed E-state index contributed by atoms with van der Waals surface area (Å²) in [5.74, 6) is 0.337. The van der Waals surface area contributed by atoms with E-state index in [1.165, 1.54) is 0 Å². The number of rotatable bonds is 5.